The van der Waals surface area contributed by atoms with E-state index in [2.05, 4.69) is 6.58 Å². The van der Waals surface area contributed by atoms with Crippen LogP contribution in [0.3, 0.4) is 0 Å². The van der Waals surface area contributed by atoms with Gasteiger partial charge in [-0.3, -0.25) is 0 Å². The summed E-state index contributed by atoms with van der Waals surface area (Å²) in [4.78, 5) is 0. The minimum atomic E-state index is 0.795. The smallest absolute Gasteiger partial charge is 0.00489 e. The Bertz CT molecular complexity index is 117. The first-order valence-corrected chi connectivity index (χ1v) is 4.69. The van der Waals surface area contributed by atoms with Crippen LogP contribution in [0.5, 0.6) is 0 Å². The van der Waals surface area contributed by atoms with Crippen molar-refractivity contribution in [3.63, 3.8) is 0 Å². The highest BCUT2D eigenvalue weighted by Crippen LogP contribution is 2.23. The van der Waals surface area contributed by atoms with Crippen molar-refractivity contribution in [1.29, 1.82) is 0 Å². The summed E-state index contributed by atoms with van der Waals surface area (Å²) in [5, 5.41) is 0. The van der Waals surface area contributed by atoms with E-state index >= 15 is 0 Å². The van der Waals surface area contributed by atoms with Crippen LogP contribution in [0.4, 0.5) is 0 Å². The maximum atomic E-state index is 5.64. The zero-order valence-corrected chi connectivity index (χ0v) is 7.31. The Morgan fingerprint density at radius 2 is 1.82 bits per heavy atom. The fourth-order valence-electron chi connectivity index (χ4n) is 1.79. The fourth-order valence-corrected chi connectivity index (χ4v) is 1.79. The molecular formula is C10H19N. The molecule has 1 rings (SSSR count). The van der Waals surface area contributed by atoms with Gasteiger partial charge < -0.3 is 5.73 Å². The Morgan fingerprint density at radius 3 is 2.27 bits per heavy atom. The standard InChI is InChI=1S/C10H19N/c1-9-4-2-6-10(8-11)7-3-5-9/h10H,1-8,11H2. The van der Waals surface area contributed by atoms with Crippen molar-refractivity contribution in [2.75, 3.05) is 6.54 Å². The molecule has 0 aromatic rings. The summed E-state index contributed by atoms with van der Waals surface area (Å²) in [6, 6.07) is 0. The van der Waals surface area contributed by atoms with Crippen LogP contribution in [-0.2, 0) is 0 Å². The normalized spacial score (nSPS) is 22.8. The molecule has 11 heavy (non-hydrogen) atoms. The lowest BCUT2D eigenvalue weighted by Gasteiger charge is -2.18. The summed E-state index contributed by atoms with van der Waals surface area (Å²) in [5.74, 6) is 0.795. The number of hydrogen-bond donors (Lipinski definition) is 1. The van der Waals surface area contributed by atoms with E-state index in [1.807, 2.05) is 0 Å². The van der Waals surface area contributed by atoms with Crippen molar-refractivity contribution >= 4 is 0 Å². The molecular weight excluding hydrogens is 134 g/mol. The van der Waals surface area contributed by atoms with Crippen LogP contribution >= 0.6 is 0 Å². The second-order valence-corrected chi connectivity index (χ2v) is 3.64. The number of nitrogens with two attached hydrogens (primary N) is 1. The van der Waals surface area contributed by atoms with Gasteiger partial charge in [0.2, 0.25) is 0 Å². The molecule has 0 aliphatic heterocycles. The van der Waals surface area contributed by atoms with E-state index in [1.165, 1.54) is 44.1 Å². The number of hydrogen-bond acceptors (Lipinski definition) is 1. The minimum Gasteiger partial charge on any atom is -0.330 e. The lowest BCUT2D eigenvalue weighted by Crippen LogP contribution is -2.15. The topological polar surface area (TPSA) is 26.0 Å². The molecule has 1 fully saturated rings. The molecule has 0 unspecified atom stereocenters. The van der Waals surface area contributed by atoms with Gasteiger partial charge >= 0.3 is 0 Å². The summed E-state index contributed by atoms with van der Waals surface area (Å²) in [6.07, 6.45) is 7.71. The van der Waals surface area contributed by atoms with Crippen molar-refractivity contribution in [3.8, 4) is 0 Å². The lowest BCUT2D eigenvalue weighted by atomic mass is 9.89. The predicted octanol–water partition coefficient (Wildman–Crippen LogP) is 2.47. The fraction of sp³-hybridized carbons (Fsp3) is 0.800. The Kier molecular flexibility index (Phi) is 3.64. The summed E-state index contributed by atoms with van der Waals surface area (Å²) in [6.45, 7) is 4.92. The molecule has 0 spiro atoms. The van der Waals surface area contributed by atoms with Gasteiger partial charge in [0.25, 0.3) is 0 Å². The second-order valence-electron chi connectivity index (χ2n) is 3.64. The molecule has 0 amide bonds. The highest BCUT2D eigenvalue weighted by Gasteiger charge is 2.09. The molecule has 1 aliphatic carbocycles. The molecule has 0 aromatic heterocycles. The van der Waals surface area contributed by atoms with Crippen LogP contribution in [-0.4, -0.2) is 6.54 Å². The lowest BCUT2D eigenvalue weighted by molar-refractivity contribution is 0.414. The molecule has 1 heteroatoms. The average molecular weight is 153 g/mol. The van der Waals surface area contributed by atoms with Gasteiger partial charge in [0, 0.05) is 0 Å². The Morgan fingerprint density at radius 1 is 1.27 bits per heavy atom. The van der Waals surface area contributed by atoms with Crippen LogP contribution in [0, 0.1) is 5.92 Å². The third-order valence-corrected chi connectivity index (χ3v) is 2.62. The third-order valence-electron chi connectivity index (χ3n) is 2.62. The van der Waals surface area contributed by atoms with E-state index in [9.17, 15) is 0 Å². The molecule has 2 N–H and O–H groups in total. The first-order chi connectivity index (χ1) is 5.33. The minimum absolute atomic E-state index is 0.795. The highest BCUT2D eigenvalue weighted by molar-refractivity contribution is 4.94. The molecule has 0 saturated heterocycles. The zero-order valence-electron chi connectivity index (χ0n) is 7.31. The van der Waals surface area contributed by atoms with Crippen LogP contribution in [0.15, 0.2) is 12.2 Å². The van der Waals surface area contributed by atoms with E-state index < -0.39 is 0 Å². The molecule has 1 saturated carbocycles. The van der Waals surface area contributed by atoms with Gasteiger partial charge in [0.05, 0.1) is 0 Å². The molecule has 0 atom stereocenters. The van der Waals surface area contributed by atoms with Gasteiger partial charge in [-0.05, 0) is 51.0 Å². The van der Waals surface area contributed by atoms with Crippen LogP contribution in [0.25, 0.3) is 0 Å². The Balaban J connectivity index is 2.28. The van der Waals surface area contributed by atoms with Crippen LogP contribution in [0.2, 0.25) is 0 Å². The summed E-state index contributed by atoms with van der Waals surface area (Å²) in [5.41, 5.74) is 7.08. The largest absolute Gasteiger partial charge is 0.330 e. The van der Waals surface area contributed by atoms with E-state index in [1.54, 1.807) is 0 Å². The molecule has 0 bridgehead atoms. The van der Waals surface area contributed by atoms with E-state index in [4.69, 9.17) is 5.73 Å². The van der Waals surface area contributed by atoms with Crippen molar-refractivity contribution in [3.05, 3.63) is 12.2 Å². The summed E-state index contributed by atoms with van der Waals surface area (Å²) >= 11 is 0. The molecule has 1 aliphatic rings. The van der Waals surface area contributed by atoms with Crippen molar-refractivity contribution in [2.24, 2.45) is 11.7 Å². The molecule has 0 radical (unpaired) electrons. The van der Waals surface area contributed by atoms with Gasteiger partial charge in [0.1, 0.15) is 0 Å². The molecule has 1 nitrogen and oxygen atoms in total. The van der Waals surface area contributed by atoms with Gasteiger partial charge in [-0.15, -0.1) is 0 Å². The first kappa shape index (κ1) is 8.79. The average Bonchev–Trinajstić information content (AvgIpc) is 1.96. The van der Waals surface area contributed by atoms with Gasteiger partial charge in [0.15, 0.2) is 0 Å². The van der Waals surface area contributed by atoms with Crippen molar-refractivity contribution < 1.29 is 0 Å². The maximum Gasteiger partial charge on any atom is -0.00489 e. The summed E-state index contributed by atoms with van der Waals surface area (Å²) < 4.78 is 0. The number of allylic oxidation sites excluding steroid dienone is 1. The monoisotopic (exact) mass is 153 g/mol. The Hall–Kier alpha value is -0.300. The van der Waals surface area contributed by atoms with Crippen LogP contribution in [0.1, 0.15) is 38.5 Å². The summed E-state index contributed by atoms with van der Waals surface area (Å²) in [7, 11) is 0. The first-order valence-electron chi connectivity index (χ1n) is 4.69. The van der Waals surface area contributed by atoms with Gasteiger partial charge in [-0.2, -0.15) is 0 Å². The quantitative estimate of drug-likeness (QED) is 0.575. The number of rotatable bonds is 1. The van der Waals surface area contributed by atoms with Crippen LogP contribution < -0.4 is 5.73 Å². The van der Waals surface area contributed by atoms with Gasteiger partial charge in [-0.1, -0.05) is 12.2 Å². The maximum absolute atomic E-state index is 5.64. The molecule has 0 aromatic carbocycles. The van der Waals surface area contributed by atoms with E-state index in [-0.39, 0.29) is 0 Å². The van der Waals surface area contributed by atoms with Gasteiger partial charge in [-0.25, -0.2) is 0 Å². The Labute approximate surface area is 69.7 Å². The van der Waals surface area contributed by atoms with Crippen molar-refractivity contribution in [2.45, 2.75) is 38.5 Å². The van der Waals surface area contributed by atoms with E-state index in [0.29, 0.717) is 0 Å². The predicted molar refractivity (Wildman–Crippen MR) is 49.4 cm³/mol. The SMILES string of the molecule is C=C1CCCC(CN)CCC1. The third kappa shape index (κ3) is 3.06. The van der Waals surface area contributed by atoms with Crippen molar-refractivity contribution in [1.82, 2.24) is 0 Å². The highest BCUT2D eigenvalue weighted by atomic mass is 14.5. The molecule has 0 heterocycles. The molecule has 64 valence electrons. The van der Waals surface area contributed by atoms with E-state index in [0.717, 1.165) is 12.5 Å². The zero-order chi connectivity index (χ0) is 8.10. The second kappa shape index (κ2) is 4.55.